The number of hydrogen-bond donors (Lipinski definition) is 3. The quantitative estimate of drug-likeness (QED) is 0.0320. The first-order chi connectivity index (χ1) is 44.0. The number of hydrogen-bond acceptors (Lipinski definition) is 5. The van der Waals surface area contributed by atoms with Crippen LogP contribution < -0.4 is 5.32 Å². The maximum Gasteiger partial charge on any atom is 0.305 e. The van der Waals surface area contributed by atoms with Crippen molar-refractivity contribution in [3.63, 3.8) is 0 Å². The molecule has 0 aromatic carbocycles. The molecule has 1 amide bonds. The lowest BCUT2D eigenvalue weighted by atomic mass is 10.0. The number of esters is 1. The molecule has 528 valence electrons. The molecular weight excluding hydrogens is 1090 g/mol. The van der Waals surface area contributed by atoms with Gasteiger partial charge >= 0.3 is 5.97 Å². The van der Waals surface area contributed by atoms with Crippen molar-refractivity contribution in [2.45, 2.75) is 482 Å². The molecule has 6 nitrogen and oxygen atoms in total. The fraction of sp³-hybridized carbons (Fsp3) is 0.928. The van der Waals surface area contributed by atoms with Gasteiger partial charge in [-0.2, -0.15) is 0 Å². The van der Waals surface area contributed by atoms with Gasteiger partial charge in [0.2, 0.25) is 5.91 Å². The number of allylic oxidation sites excluding steroid dienone is 3. The van der Waals surface area contributed by atoms with E-state index in [0.717, 1.165) is 38.5 Å². The van der Waals surface area contributed by atoms with Gasteiger partial charge in [-0.25, -0.2) is 0 Å². The number of amides is 1. The Kier molecular flexibility index (Phi) is 77.3. The monoisotopic (exact) mass is 1250 g/mol. The normalized spacial score (nSPS) is 12.5. The Morgan fingerprint density at radius 2 is 0.528 bits per heavy atom. The van der Waals surface area contributed by atoms with Gasteiger partial charge in [0.15, 0.2) is 0 Å². The van der Waals surface area contributed by atoms with Gasteiger partial charge in [0.25, 0.3) is 0 Å². The molecular formula is C83H161NO5. The number of aliphatic hydroxyl groups is 2. The minimum Gasteiger partial charge on any atom is -0.466 e. The third kappa shape index (κ3) is 75.3. The predicted octanol–water partition coefficient (Wildman–Crippen LogP) is 27.2. The van der Waals surface area contributed by atoms with Crippen molar-refractivity contribution in [3.8, 4) is 0 Å². The fourth-order valence-corrected chi connectivity index (χ4v) is 13.2. The van der Waals surface area contributed by atoms with E-state index in [9.17, 15) is 19.8 Å². The fourth-order valence-electron chi connectivity index (χ4n) is 13.2. The van der Waals surface area contributed by atoms with Crippen molar-refractivity contribution in [2.75, 3.05) is 13.2 Å². The van der Waals surface area contributed by atoms with Crippen LogP contribution in [0, 0.1) is 0 Å². The molecule has 0 saturated carbocycles. The maximum absolute atomic E-state index is 12.6. The minimum absolute atomic E-state index is 0.0220. The van der Waals surface area contributed by atoms with Crippen molar-refractivity contribution in [3.05, 3.63) is 24.3 Å². The Balaban J connectivity index is 3.38. The second-order valence-electron chi connectivity index (χ2n) is 28.5. The molecule has 0 aromatic rings. The molecule has 3 N–H and O–H groups in total. The number of nitrogens with one attached hydrogen (secondary N) is 1. The third-order valence-electron chi connectivity index (χ3n) is 19.5. The second kappa shape index (κ2) is 78.8. The van der Waals surface area contributed by atoms with Crippen molar-refractivity contribution in [2.24, 2.45) is 0 Å². The molecule has 0 aromatic heterocycles. The highest BCUT2D eigenvalue weighted by atomic mass is 16.5. The summed E-state index contributed by atoms with van der Waals surface area (Å²) in [5.41, 5.74) is 0. The molecule has 0 aliphatic heterocycles. The molecule has 0 rings (SSSR count). The Hall–Kier alpha value is -1.66. The summed E-state index contributed by atoms with van der Waals surface area (Å²) < 4.78 is 5.51. The van der Waals surface area contributed by atoms with E-state index in [1.54, 1.807) is 6.08 Å². The second-order valence-corrected chi connectivity index (χ2v) is 28.5. The Morgan fingerprint density at radius 1 is 0.303 bits per heavy atom. The first-order valence-electron chi connectivity index (χ1n) is 41.1. The van der Waals surface area contributed by atoms with Crippen LogP contribution in [-0.4, -0.2) is 47.4 Å². The summed E-state index contributed by atoms with van der Waals surface area (Å²) in [5, 5.41) is 23.3. The summed E-state index contributed by atoms with van der Waals surface area (Å²) in [4.78, 5) is 24.7. The Bertz CT molecular complexity index is 1400. The van der Waals surface area contributed by atoms with E-state index in [1.165, 1.54) is 405 Å². The topological polar surface area (TPSA) is 95.9 Å². The van der Waals surface area contributed by atoms with Crippen LogP contribution in [0.15, 0.2) is 24.3 Å². The molecule has 0 radical (unpaired) electrons. The van der Waals surface area contributed by atoms with E-state index >= 15 is 0 Å². The molecule has 2 unspecified atom stereocenters. The van der Waals surface area contributed by atoms with Gasteiger partial charge in [0, 0.05) is 12.8 Å². The average Bonchev–Trinajstić information content (AvgIpc) is 3.62. The summed E-state index contributed by atoms with van der Waals surface area (Å²) >= 11 is 0. The van der Waals surface area contributed by atoms with E-state index < -0.39 is 12.1 Å². The van der Waals surface area contributed by atoms with Crippen LogP contribution in [0.1, 0.15) is 470 Å². The zero-order valence-corrected chi connectivity index (χ0v) is 60.7. The number of carbonyl (C=O) groups excluding carboxylic acids is 2. The van der Waals surface area contributed by atoms with Gasteiger partial charge in [-0.3, -0.25) is 9.59 Å². The van der Waals surface area contributed by atoms with Crippen LogP contribution in [0.5, 0.6) is 0 Å². The van der Waals surface area contributed by atoms with Gasteiger partial charge in [0.05, 0.1) is 25.4 Å². The molecule has 0 heterocycles. The van der Waals surface area contributed by atoms with Crippen LogP contribution >= 0.6 is 0 Å². The van der Waals surface area contributed by atoms with E-state index in [-0.39, 0.29) is 18.5 Å². The van der Waals surface area contributed by atoms with Gasteiger partial charge in [-0.15, -0.1) is 0 Å². The zero-order valence-electron chi connectivity index (χ0n) is 60.7. The lowest BCUT2D eigenvalue weighted by Crippen LogP contribution is -2.45. The van der Waals surface area contributed by atoms with Crippen molar-refractivity contribution < 1.29 is 24.5 Å². The van der Waals surface area contributed by atoms with Gasteiger partial charge < -0.3 is 20.3 Å². The maximum atomic E-state index is 12.6. The van der Waals surface area contributed by atoms with E-state index in [1.807, 2.05) is 6.08 Å². The number of carbonyl (C=O) groups is 2. The van der Waals surface area contributed by atoms with E-state index in [4.69, 9.17) is 4.74 Å². The predicted molar refractivity (Wildman–Crippen MR) is 393 cm³/mol. The number of ether oxygens (including phenoxy) is 1. The zero-order chi connectivity index (χ0) is 64.2. The summed E-state index contributed by atoms with van der Waals surface area (Å²) in [6, 6.07) is -0.628. The molecule has 0 aliphatic carbocycles. The lowest BCUT2D eigenvalue weighted by Gasteiger charge is -2.20. The van der Waals surface area contributed by atoms with Crippen molar-refractivity contribution in [1.82, 2.24) is 5.32 Å². The van der Waals surface area contributed by atoms with Crippen LogP contribution in [0.4, 0.5) is 0 Å². The van der Waals surface area contributed by atoms with Crippen LogP contribution in [-0.2, 0) is 14.3 Å². The highest BCUT2D eigenvalue weighted by molar-refractivity contribution is 5.76. The summed E-state index contributed by atoms with van der Waals surface area (Å²) in [5.74, 6) is -0.0382. The minimum atomic E-state index is -0.845. The molecule has 0 aliphatic rings. The smallest absolute Gasteiger partial charge is 0.305 e. The Labute approximate surface area is 558 Å². The first kappa shape index (κ1) is 87.3. The molecule has 0 bridgehead atoms. The molecule has 2 atom stereocenters. The molecule has 0 saturated heterocycles. The Morgan fingerprint density at radius 3 is 0.798 bits per heavy atom. The van der Waals surface area contributed by atoms with Crippen LogP contribution in [0.3, 0.4) is 0 Å². The molecule has 6 heteroatoms. The molecule has 0 spiro atoms. The van der Waals surface area contributed by atoms with Crippen molar-refractivity contribution >= 4 is 11.9 Å². The highest BCUT2D eigenvalue weighted by Gasteiger charge is 2.18. The first-order valence-corrected chi connectivity index (χ1v) is 41.1. The average molecular weight is 1250 g/mol. The summed E-state index contributed by atoms with van der Waals surface area (Å²) in [6.07, 6.45) is 102. The van der Waals surface area contributed by atoms with Gasteiger partial charge in [-0.05, 0) is 57.8 Å². The number of rotatable bonds is 78. The summed E-state index contributed by atoms with van der Waals surface area (Å²) in [6.45, 7) is 4.97. The van der Waals surface area contributed by atoms with E-state index in [0.29, 0.717) is 19.4 Å². The lowest BCUT2D eigenvalue weighted by molar-refractivity contribution is -0.143. The number of aliphatic hydroxyl groups excluding tert-OH is 2. The number of unbranched alkanes of at least 4 members (excludes halogenated alkanes) is 65. The SMILES string of the molecule is CCCCCCCCCCCCCCCCCCCCCCCCC/C=C/C(O)C(CO)NC(=O)CCCCCCCCCCCCCCCCC/C=C\CCCCCCCCCCCCCCOC(=O)CCCCCCCCCCCCCCCCCC. The van der Waals surface area contributed by atoms with Gasteiger partial charge in [0.1, 0.15) is 0 Å². The third-order valence-corrected chi connectivity index (χ3v) is 19.5. The van der Waals surface area contributed by atoms with Gasteiger partial charge in [-0.1, -0.05) is 423 Å². The standard InChI is InChI=1S/C83H161NO5/c1-3-5-7-9-11-13-15-17-19-21-22-23-24-32-35-38-41-44-47-51-55-59-63-67-71-75-81(86)80(79-85)84-82(87)76-72-68-64-60-56-52-48-45-42-39-36-33-30-28-26-25-27-29-31-34-37-40-43-46-50-54-58-62-66-70-74-78-89-83(88)77-73-69-65-61-57-53-49-20-18-16-14-12-10-8-6-4-2/h27,29,71,75,80-81,85-86H,3-26,28,30-70,72-74,76-79H2,1-2H3,(H,84,87)/b29-27-,75-71+. The van der Waals surface area contributed by atoms with Crippen LogP contribution in [0.25, 0.3) is 0 Å². The molecule has 89 heavy (non-hydrogen) atoms. The largest absolute Gasteiger partial charge is 0.466 e. The molecule has 0 fully saturated rings. The van der Waals surface area contributed by atoms with E-state index in [2.05, 4.69) is 31.3 Å². The summed E-state index contributed by atoms with van der Waals surface area (Å²) in [7, 11) is 0. The van der Waals surface area contributed by atoms with Crippen molar-refractivity contribution in [1.29, 1.82) is 0 Å². The van der Waals surface area contributed by atoms with Crippen LogP contribution in [0.2, 0.25) is 0 Å². The highest BCUT2D eigenvalue weighted by Crippen LogP contribution is 2.20.